The maximum Gasteiger partial charge on any atom is 0.288 e. The van der Waals surface area contributed by atoms with Crippen LogP contribution in [0.15, 0.2) is 60.7 Å². The van der Waals surface area contributed by atoms with Gasteiger partial charge < -0.3 is 10.3 Å². The van der Waals surface area contributed by atoms with Crippen LogP contribution in [-0.4, -0.2) is 20.8 Å². The zero-order chi connectivity index (χ0) is 20.5. The Morgan fingerprint density at radius 1 is 1.14 bits per heavy atom. The molecule has 0 bridgehead atoms. The fraction of sp³-hybridized carbons (Fsp3) is 0.0476. The van der Waals surface area contributed by atoms with Gasteiger partial charge in [0.1, 0.15) is 10.8 Å². The van der Waals surface area contributed by atoms with Crippen LogP contribution in [0, 0.1) is 17.0 Å². The van der Waals surface area contributed by atoms with Crippen LogP contribution in [0.2, 0.25) is 5.02 Å². The van der Waals surface area contributed by atoms with Crippen LogP contribution in [0.1, 0.15) is 15.9 Å². The number of carbonyl (C=O) groups excluding carboxylic acids is 1. The lowest BCUT2D eigenvalue weighted by Gasteiger charge is -2.10. The molecule has 0 fully saturated rings. The van der Waals surface area contributed by atoms with Crippen molar-refractivity contribution in [2.75, 3.05) is 5.32 Å². The molecule has 0 aliphatic heterocycles. The number of nitrogens with one attached hydrogen (secondary N) is 2. The van der Waals surface area contributed by atoms with E-state index >= 15 is 0 Å². The zero-order valence-electron chi connectivity index (χ0n) is 15.3. The number of nitro benzene ring substituents is 1. The number of rotatable bonds is 4. The van der Waals surface area contributed by atoms with Crippen molar-refractivity contribution < 1.29 is 9.72 Å². The fourth-order valence-corrected chi connectivity index (χ4v) is 3.17. The minimum atomic E-state index is -0.618. The van der Waals surface area contributed by atoms with E-state index in [1.165, 1.54) is 12.1 Å². The van der Waals surface area contributed by atoms with E-state index in [0.29, 0.717) is 11.5 Å². The molecular formula is C21H15ClN4O3. The second-order valence-electron chi connectivity index (χ2n) is 6.51. The molecule has 1 aromatic heterocycles. The first-order valence-electron chi connectivity index (χ1n) is 8.73. The Bertz CT molecular complexity index is 1230. The van der Waals surface area contributed by atoms with E-state index in [1.807, 2.05) is 49.4 Å². The number of carbonyl (C=O) groups is 1. The Balaban J connectivity index is 1.65. The van der Waals surface area contributed by atoms with E-state index in [9.17, 15) is 14.9 Å². The standard InChI is InChI=1S/C21H15ClN4O3/c1-12-6-7-13(20-23-16-4-2-3-5-17(16)24-20)10-18(12)25-21(27)14-8-9-15(22)19(11-14)26(28)29/h2-11H,1H3,(H,23,24)(H,25,27). The average Bonchev–Trinajstić information content (AvgIpc) is 3.14. The van der Waals surface area contributed by atoms with Crippen LogP contribution in [0.4, 0.5) is 11.4 Å². The molecule has 0 saturated carbocycles. The van der Waals surface area contributed by atoms with E-state index in [-0.39, 0.29) is 16.3 Å². The van der Waals surface area contributed by atoms with E-state index in [2.05, 4.69) is 15.3 Å². The molecule has 3 aromatic carbocycles. The monoisotopic (exact) mass is 406 g/mol. The van der Waals surface area contributed by atoms with Gasteiger partial charge in [0.25, 0.3) is 11.6 Å². The van der Waals surface area contributed by atoms with Gasteiger partial charge in [0.2, 0.25) is 0 Å². The van der Waals surface area contributed by atoms with Gasteiger partial charge >= 0.3 is 0 Å². The highest BCUT2D eigenvalue weighted by atomic mass is 35.5. The highest BCUT2D eigenvalue weighted by Crippen LogP contribution is 2.28. The first-order valence-corrected chi connectivity index (χ1v) is 9.11. The number of aromatic nitrogens is 2. The van der Waals surface area contributed by atoms with E-state index in [1.54, 1.807) is 0 Å². The molecular weight excluding hydrogens is 392 g/mol. The zero-order valence-corrected chi connectivity index (χ0v) is 16.0. The molecule has 29 heavy (non-hydrogen) atoms. The second kappa shape index (κ2) is 7.37. The normalized spacial score (nSPS) is 10.8. The van der Waals surface area contributed by atoms with Gasteiger partial charge in [-0.25, -0.2) is 4.98 Å². The summed E-state index contributed by atoms with van der Waals surface area (Å²) < 4.78 is 0. The molecule has 0 radical (unpaired) electrons. The van der Waals surface area contributed by atoms with Crippen molar-refractivity contribution in [2.45, 2.75) is 6.92 Å². The van der Waals surface area contributed by atoms with Crippen molar-refractivity contribution in [1.29, 1.82) is 0 Å². The number of amides is 1. The van der Waals surface area contributed by atoms with Gasteiger partial charge in [-0.3, -0.25) is 14.9 Å². The number of hydrogen-bond acceptors (Lipinski definition) is 4. The summed E-state index contributed by atoms with van der Waals surface area (Å²) in [5.41, 5.74) is 3.85. The largest absolute Gasteiger partial charge is 0.338 e. The molecule has 1 amide bonds. The number of hydrogen-bond donors (Lipinski definition) is 2. The van der Waals surface area contributed by atoms with Gasteiger partial charge in [0.05, 0.1) is 16.0 Å². The average molecular weight is 407 g/mol. The summed E-state index contributed by atoms with van der Waals surface area (Å²) in [4.78, 5) is 30.9. The molecule has 8 heteroatoms. The highest BCUT2D eigenvalue weighted by molar-refractivity contribution is 6.32. The molecule has 0 aliphatic carbocycles. The number of aromatic amines is 1. The summed E-state index contributed by atoms with van der Waals surface area (Å²) in [7, 11) is 0. The number of aryl methyl sites for hydroxylation is 1. The summed E-state index contributed by atoms with van der Waals surface area (Å²) in [6, 6.07) is 17.3. The van der Waals surface area contributed by atoms with Crippen molar-refractivity contribution in [2.24, 2.45) is 0 Å². The van der Waals surface area contributed by atoms with E-state index in [0.717, 1.165) is 28.2 Å². The van der Waals surface area contributed by atoms with Crippen LogP contribution >= 0.6 is 11.6 Å². The number of benzene rings is 3. The minimum Gasteiger partial charge on any atom is -0.338 e. The van der Waals surface area contributed by atoms with Gasteiger partial charge in [0.15, 0.2) is 0 Å². The molecule has 0 atom stereocenters. The maximum absolute atomic E-state index is 12.6. The smallest absolute Gasteiger partial charge is 0.288 e. The van der Waals surface area contributed by atoms with Crippen LogP contribution in [-0.2, 0) is 0 Å². The number of nitrogens with zero attached hydrogens (tertiary/aromatic N) is 2. The highest BCUT2D eigenvalue weighted by Gasteiger charge is 2.17. The second-order valence-corrected chi connectivity index (χ2v) is 6.92. The third kappa shape index (κ3) is 3.68. The quantitative estimate of drug-likeness (QED) is 0.352. The van der Waals surface area contributed by atoms with Crippen LogP contribution in [0.3, 0.4) is 0 Å². The summed E-state index contributed by atoms with van der Waals surface area (Å²) >= 11 is 5.82. The third-order valence-corrected chi connectivity index (χ3v) is 4.87. The Morgan fingerprint density at radius 3 is 2.69 bits per heavy atom. The third-order valence-electron chi connectivity index (χ3n) is 4.55. The van der Waals surface area contributed by atoms with Crippen LogP contribution in [0.25, 0.3) is 22.4 Å². The fourth-order valence-electron chi connectivity index (χ4n) is 2.98. The molecule has 0 aliphatic rings. The van der Waals surface area contributed by atoms with Crippen molar-refractivity contribution in [1.82, 2.24) is 9.97 Å². The van der Waals surface area contributed by atoms with Crippen LogP contribution in [0.5, 0.6) is 0 Å². The van der Waals surface area contributed by atoms with Crippen molar-refractivity contribution in [3.8, 4) is 11.4 Å². The number of halogens is 1. The Labute approximate surface area is 170 Å². The van der Waals surface area contributed by atoms with Gasteiger partial charge in [-0.05, 0) is 42.8 Å². The lowest BCUT2D eigenvalue weighted by atomic mass is 10.1. The number of imidazole rings is 1. The predicted octanol–water partition coefficient (Wildman–Crippen LogP) is 5.35. The molecule has 7 nitrogen and oxygen atoms in total. The maximum atomic E-state index is 12.6. The minimum absolute atomic E-state index is 0.0189. The first kappa shape index (κ1) is 18.6. The van der Waals surface area contributed by atoms with Gasteiger partial charge in [-0.2, -0.15) is 0 Å². The Kier molecular flexibility index (Phi) is 4.74. The summed E-state index contributed by atoms with van der Waals surface area (Å²) in [6.07, 6.45) is 0. The first-order chi connectivity index (χ1) is 13.9. The van der Waals surface area contributed by atoms with Gasteiger partial charge in [-0.1, -0.05) is 35.9 Å². The number of H-pyrrole nitrogens is 1. The summed E-state index contributed by atoms with van der Waals surface area (Å²) in [5.74, 6) is 0.221. The van der Waals surface area contributed by atoms with Crippen molar-refractivity contribution in [3.63, 3.8) is 0 Å². The lowest BCUT2D eigenvalue weighted by Crippen LogP contribution is -2.13. The van der Waals surface area contributed by atoms with Crippen LogP contribution < -0.4 is 5.32 Å². The van der Waals surface area contributed by atoms with E-state index in [4.69, 9.17) is 11.6 Å². The molecule has 0 saturated heterocycles. The number of anilines is 1. The van der Waals surface area contributed by atoms with Gasteiger partial charge in [0, 0.05) is 22.9 Å². The summed E-state index contributed by atoms with van der Waals surface area (Å²) in [6.45, 7) is 1.86. The Hall–Kier alpha value is -3.71. The molecule has 1 heterocycles. The van der Waals surface area contributed by atoms with Crippen molar-refractivity contribution in [3.05, 3.63) is 86.9 Å². The molecule has 144 valence electrons. The Morgan fingerprint density at radius 2 is 1.93 bits per heavy atom. The molecule has 4 aromatic rings. The number of nitro groups is 1. The molecule has 0 spiro atoms. The number of para-hydroxylation sites is 2. The summed E-state index contributed by atoms with van der Waals surface area (Å²) in [5, 5.41) is 13.9. The predicted molar refractivity (Wildman–Crippen MR) is 112 cm³/mol. The van der Waals surface area contributed by atoms with Gasteiger partial charge in [-0.15, -0.1) is 0 Å². The number of fused-ring (bicyclic) bond motifs is 1. The molecule has 0 unspecified atom stereocenters. The SMILES string of the molecule is Cc1ccc(-c2nc3ccccc3[nH]2)cc1NC(=O)c1ccc(Cl)c([N+](=O)[O-])c1. The topological polar surface area (TPSA) is 101 Å². The van der Waals surface area contributed by atoms with E-state index < -0.39 is 10.8 Å². The van der Waals surface area contributed by atoms with Crippen molar-refractivity contribution >= 4 is 39.9 Å². The lowest BCUT2D eigenvalue weighted by molar-refractivity contribution is -0.384. The molecule has 4 rings (SSSR count). The molecule has 2 N–H and O–H groups in total.